The predicted molar refractivity (Wildman–Crippen MR) is 155 cm³/mol. The third-order valence-electron chi connectivity index (χ3n) is 5.76. The molecule has 0 saturated carbocycles. The van der Waals surface area contributed by atoms with Gasteiger partial charge in [-0.15, -0.1) is 0 Å². The first-order valence-electron chi connectivity index (χ1n) is 11.4. The van der Waals surface area contributed by atoms with Gasteiger partial charge in [0, 0.05) is 25.6 Å². The van der Waals surface area contributed by atoms with E-state index in [4.69, 9.17) is 4.98 Å². The molecule has 0 aliphatic rings. The Balaban J connectivity index is 1.48. The number of nitrogens with zero attached hydrogens (tertiary/aromatic N) is 3. The average molecular weight is 630 g/mol. The molecule has 0 aliphatic carbocycles. The SMILES string of the molecule is O=Cc1ccc(/C=N\NC(=O)c2ccc(-n3c(-c4ccccc4)nc4c(Br)cc(Br)cc4c3=O)cc2)cc1. The first-order valence-corrected chi connectivity index (χ1v) is 13.0. The second-order valence-electron chi connectivity index (χ2n) is 8.26. The standard InChI is InChI=1S/C29H18Br2N4O3/c30-22-14-24-26(25(31)15-22)33-27(20-4-2-1-3-5-20)35(29(24)38)23-12-10-21(11-13-23)28(37)34-32-16-18-6-8-19(17-36)9-7-18/h1-17H,(H,34,37)/b32-16-. The Labute approximate surface area is 234 Å². The molecule has 0 aliphatic heterocycles. The van der Waals surface area contributed by atoms with Crippen LogP contribution in [0.1, 0.15) is 26.3 Å². The van der Waals surface area contributed by atoms with Crippen molar-refractivity contribution in [2.45, 2.75) is 0 Å². The molecule has 0 bridgehead atoms. The third-order valence-corrected chi connectivity index (χ3v) is 6.83. The lowest BCUT2D eigenvalue weighted by Gasteiger charge is -2.15. The summed E-state index contributed by atoms with van der Waals surface area (Å²) in [5.74, 6) is 0.0750. The number of nitrogens with one attached hydrogen (secondary N) is 1. The minimum absolute atomic E-state index is 0.238. The van der Waals surface area contributed by atoms with Crippen LogP contribution in [0.2, 0.25) is 0 Å². The van der Waals surface area contributed by atoms with E-state index in [1.165, 1.54) is 6.21 Å². The first-order chi connectivity index (χ1) is 18.4. The Morgan fingerprint density at radius 2 is 1.58 bits per heavy atom. The van der Waals surface area contributed by atoms with Gasteiger partial charge in [0.1, 0.15) is 12.1 Å². The zero-order chi connectivity index (χ0) is 26.6. The van der Waals surface area contributed by atoms with E-state index in [-0.39, 0.29) is 5.56 Å². The van der Waals surface area contributed by atoms with Crippen molar-refractivity contribution < 1.29 is 9.59 Å². The van der Waals surface area contributed by atoms with Crippen molar-refractivity contribution in [1.82, 2.24) is 15.0 Å². The smallest absolute Gasteiger partial charge is 0.271 e. The van der Waals surface area contributed by atoms with Crippen LogP contribution in [-0.2, 0) is 0 Å². The van der Waals surface area contributed by atoms with Crippen LogP contribution >= 0.6 is 31.9 Å². The Hall–Kier alpha value is -4.21. The van der Waals surface area contributed by atoms with Gasteiger partial charge in [-0.2, -0.15) is 5.10 Å². The second-order valence-corrected chi connectivity index (χ2v) is 10.0. The van der Waals surface area contributed by atoms with E-state index in [2.05, 4.69) is 42.4 Å². The molecule has 0 fully saturated rings. The molecule has 0 atom stereocenters. The summed E-state index contributed by atoms with van der Waals surface area (Å²) >= 11 is 6.98. The van der Waals surface area contributed by atoms with Gasteiger partial charge in [0.2, 0.25) is 0 Å². The molecule has 0 unspecified atom stereocenters. The van der Waals surface area contributed by atoms with Gasteiger partial charge in [-0.05, 0) is 57.9 Å². The lowest BCUT2D eigenvalue weighted by Crippen LogP contribution is -2.22. The van der Waals surface area contributed by atoms with Crippen LogP contribution in [0.3, 0.4) is 0 Å². The first kappa shape index (κ1) is 25.4. The predicted octanol–water partition coefficient (Wildman–Crippen LogP) is 6.15. The molecule has 1 amide bonds. The monoisotopic (exact) mass is 628 g/mol. The summed E-state index contributed by atoms with van der Waals surface area (Å²) in [4.78, 5) is 42.0. The molecule has 186 valence electrons. The average Bonchev–Trinajstić information content (AvgIpc) is 2.94. The van der Waals surface area contributed by atoms with Crippen LogP contribution < -0.4 is 11.0 Å². The fraction of sp³-hybridized carbons (Fsp3) is 0. The highest BCUT2D eigenvalue weighted by Gasteiger charge is 2.17. The maximum Gasteiger partial charge on any atom is 0.271 e. The number of amides is 1. The van der Waals surface area contributed by atoms with E-state index in [0.29, 0.717) is 38.0 Å². The van der Waals surface area contributed by atoms with Crippen molar-refractivity contribution >= 4 is 61.2 Å². The minimum Gasteiger partial charge on any atom is -0.298 e. The van der Waals surface area contributed by atoms with E-state index in [1.807, 2.05) is 36.4 Å². The molecule has 5 aromatic rings. The number of hydrogen-bond donors (Lipinski definition) is 1. The van der Waals surface area contributed by atoms with Crippen LogP contribution in [0.15, 0.2) is 110 Å². The number of hydrazone groups is 1. The summed E-state index contributed by atoms with van der Waals surface area (Å²) in [6.07, 6.45) is 2.25. The van der Waals surface area contributed by atoms with Crippen LogP contribution in [0.5, 0.6) is 0 Å². The Morgan fingerprint density at radius 3 is 2.26 bits per heavy atom. The molecule has 38 heavy (non-hydrogen) atoms. The van der Waals surface area contributed by atoms with Gasteiger partial charge in [0.25, 0.3) is 11.5 Å². The molecule has 0 saturated heterocycles. The number of rotatable bonds is 6. The maximum atomic E-state index is 13.7. The summed E-state index contributed by atoms with van der Waals surface area (Å²) in [6.45, 7) is 0. The molecule has 0 radical (unpaired) electrons. The van der Waals surface area contributed by atoms with Gasteiger partial charge < -0.3 is 0 Å². The lowest BCUT2D eigenvalue weighted by atomic mass is 10.1. The number of aldehydes is 1. The molecule has 9 heteroatoms. The number of halogens is 2. The second kappa shape index (κ2) is 11.0. The quantitative estimate of drug-likeness (QED) is 0.138. The number of aromatic nitrogens is 2. The maximum absolute atomic E-state index is 13.7. The normalized spacial score (nSPS) is 11.1. The van der Waals surface area contributed by atoms with Gasteiger partial charge in [-0.1, -0.05) is 70.5 Å². The highest BCUT2D eigenvalue weighted by atomic mass is 79.9. The van der Waals surface area contributed by atoms with Crippen LogP contribution in [0.4, 0.5) is 0 Å². The number of carbonyl (C=O) groups is 2. The molecule has 5 rings (SSSR count). The van der Waals surface area contributed by atoms with E-state index in [1.54, 1.807) is 59.2 Å². The van der Waals surface area contributed by atoms with Crippen molar-refractivity contribution in [2.24, 2.45) is 5.10 Å². The van der Waals surface area contributed by atoms with Crippen LogP contribution in [0.25, 0.3) is 28.0 Å². The van der Waals surface area contributed by atoms with Crippen molar-refractivity contribution in [3.63, 3.8) is 0 Å². The molecule has 1 heterocycles. The molecule has 0 spiro atoms. The Bertz CT molecular complexity index is 1750. The summed E-state index contributed by atoms with van der Waals surface area (Å²) < 4.78 is 3.00. The van der Waals surface area contributed by atoms with Gasteiger partial charge in [0.05, 0.1) is 22.8 Å². The van der Waals surface area contributed by atoms with Gasteiger partial charge in [-0.3, -0.25) is 19.0 Å². The molecular formula is C29H18Br2N4O3. The van der Waals surface area contributed by atoms with Gasteiger partial charge >= 0.3 is 0 Å². The number of hydrogen-bond acceptors (Lipinski definition) is 5. The van der Waals surface area contributed by atoms with Crippen molar-refractivity contribution in [1.29, 1.82) is 0 Å². The molecule has 4 aromatic carbocycles. The molecule has 7 nitrogen and oxygen atoms in total. The summed E-state index contributed by atoms with van der Waals surface area (Å²) in [5.41, 5.74) is 5.82. The van der Waals surface area contributed by atoms with Crippen LogP contribution in [0, 0.1) is 0 Å². The Morgan fingerprint density at radius 1 is 0.895 bits per heavy atom. The molecule has 1 N–H and O–H groups in total. The number of carbonyl (C=O) groups excluding carboxylic acids is 2. The lowest BCUT2D eigenvalue weighted by molar-refractivity contribution is 0.0955. The summed E-state index contributed by atoms with van der Waals surface area (Å²) in [5, 5.41) is 4.43. The van der Waals surface area contributed by atoms with E-state index < -0.39 is 5.91 Å². The zero-order valence-corrected chi connectivity index (χ0v) is 22.8. The number of benzene rings is 4. The van der Waals surface area contributed by atoms with Gasteiger partial charge in [-0.25, -0.2) is 10.4 Å². The van der Waals surface area contributed by atoms with E-state index >= 15 is 0 Å². The van der Waals surface area contributed by atoms with Gasteiger partial charge in [0.15, 0.2) is 0 Å². The van der Waals surface area contributed by atoms with E-state index in [0.717, 1.165) is 21.9 Å². The zero-order valence-electron chi connectivity index (χ0n) is 19.6. The fourth-order valence-corrected chi connectivity index (χ4v) is 5.20. The minimum atomic E-state index is -0.405. The highest BCUT2D eigenvalue weighted by Crippen LogP contribution is 2.29. The Kier molecular flexibility index (Phi) is 7.39. The largest absolute Gasteiger partial charge is 0.298 e. The molecular weight excluding hydrogens is 612 g/mol. The highest BCUT2D eigenvalue weighted by molar-refractivity contribution is 9.11. The van der Waals surface area contributed by atoms with Crippen molar-refractivity contribution in [3.05, 3.63) is 127 Å². The fourth-order valence-electron chi connectivity index (χ4n) is 3.89. The summed E-state index contributed by atoms with van der Waals surface area (Å²) in [7, 11) is 0. The molecule has 1 aromatic heterocycles. The summed E-state index contributed by atoms with van der Waals surface area (Å²) in [6, 6.07) is 26.5. The number of fused-ring (bicyclic) bond motifs is 1. The van der Waals surface area contributed by atoms with Crippen molar-refractivity contribution in [2.75, 3.05) is 0 Å². The van der Waals surface area contributed by atoms with Crippen LogP contribution in [-0.4, -0.2) is 28.0 Å². The van der Waals surface area contributed by atoms with Crippen molar-refractivity contribution in [3.8, 4) is 17.1 Å². The van der Waals surface area contributed by atoms with E-state index in [9.17, 15) is 14.4 Å². The topological polar surface area (TPSA) is 93.4 Å². The third kappa shape index (κ3) is 5.25.